The highest BCUT2D eigenvalue weighted by atomic mass is 79.9. The molecular weight excluding hydrogens is 368 g/mol. The van der Waals surface area contributed by atoms with Gasteiger partial charge in [0.25, 0.3) is 5.56 Å². The fraction of sp³-hybridized carbons (Fsp3) is 0.600. The predicted molar refractivity (Wildman–Crippen MR) is 64.6 cm³/mol. The molecule has 0 amide bonds. The Morgan fingerprint density at radius 2 is 2.14 bits per heavy atom. The lowest BCUT2D eigenvalue weighted by molar-refractivity contribution is -0.288. The molecule has 2 rings (SSSR count). The predicted octanol–water partition coefficient (Wildman–Crippen LogP) is 0.651. The number of H-pyrrole nitrogens is 1. The van der Waals surface area contributed by atoms with Crippen molar-refractivity contribution in [3.63, 3.8) is 0 Å². The molecular formula is C10H9BrF4N2O4. The third-order valence-electron chi connectivity index (χ3n) is 3.15. The van der Waals surface area contributed by atoms with Gasteiger partial charge < -0.3 is 9.84 Å². The van der Waals surface area contributed by atoms with E-state index in [1.165, 1.54) is 0 Å². The van der Waals surface area contributed by atoms with Crippen molar-refractivity contribution < 1.29 is 27.4 Å². The molecule has 6 nitrogen and oxygen atoms in total. The maximum absolute atomic E-state index is 13.2. The van der Waals surface area contributed by atoms with Gasteiger partial charge in [0.1, 0.15) is 0 Å². The van der Waals surface area contributed by atoms with Crippen LogP contribution >= 0.6 is 15.9 Å². The zero-order valence-electron chi connectivity index (χ0n) is 10.2. The Labute approximate surface area is 122 Å². The molecule has 2 N–H and O–H groups in total. The van der Waals surface area contributed by atoms with Crippen molar-refractivity contribution >= 4 is 15.9 Å². The standard InChI is InChI=1S/C10H9BrF4N2O4/c11-4-1-9(3-18,10(13,14)15)21-7(4)17-2-5(12)6(19)16-8(17)20/h2,4,7,18H,1,3H2,(H,16,19,20)/t4-,7-,9+/m1/s1. The second-order valence-corrected chi connectivity index (χ2v) is 5.70. The number of hydrogen-bond acceptors (Lipinski definition) is 4. The summed E-state index contributed by atoms with van der Waals surface area (Å²) in [5.41, 5.74) is -5.27. The Morgan fingerprint density at radius 1 is 1.52 bits per heavy atom. The van der Waals surface area contributed by atoms with Crippen molar-refractivity contribution in [3.05, 3.63) is 32.9 Å². The second kappa shape index (κ2) is 5.21. The molecule has 1 fully saturated rings. The van der Waals surface area contributed by atoms with E-state index in [-0.39, 0.29) is 0 Å². The van der Waals surface area contributed by atoms with Crippen molar-refractivity contribution in [2.24, 2.45) is 0 Å². The first-order valence-electron chi connectivity index (χ1n) is 5.62. The number of aliphatic hydroxyl groups excluding tert-OH is 1. The van der Waals surface area contributed by atoms with E-state index >= 15 is 0 Å². The lowest BCUT2D eigenvalue weighted by atomic mass is 10.0. The topological polar surface area (TPSA) is 84.3 Å². The van der Waals surface area contributed by atoms with E-state index in [4.69, 9.17) is 9.84 Å². The summed E-state index contributed by atoms with van der Waals surface area (Å²) in [7, 11) is 0. The normalized spacial score (nSPS) is 29.8. The zero-order chi connectivity index (χ0) is 16.0. The summed E-state index contributed by atoms with van der Waals surface area (Å²) in [5.74, 6) is -1.34. The molecule has 0 spiro atoms. The molecule has 11 heteroatoms. The summed E-state index contributed by atoms with van der Waals surface area (Å²) in [5, 5.41) is 9.02. The van der Waals surface area contributed by atoms with Gasteiger partial charge in [-0.3, -0.25) is 14.3 Å². The number of aromatic nitrogens is 2. The Morgan fingerprint density at radius 3 is 2.62 bits per heavy atom. The molecule has 0 aliphatic carbocycles. The highest BCUT2D eigenvalue weighted by Gasteiger charge is 2.62. The molecule has 0 unspecified atom stereocenters. The third kappa shape index (κ3) is 2.64. The van der Waals surface area contributed by atoms with Gasteiger partial charge in [-0.25, -0.2) is 4.79 Å². The van der Waals surface area contributed by atoms with Gasteiger partial charge in [0.05, 0.1) is 17.6 Å². The highest BCUT2D eigenvalue weighted by Crippen LogP contribution is 2.48. The molecule has 0 aromatic carbocycles. The summed E-state index contributed by atoms with van der Waals surface area (Å²) in [6.45, 7) is -1.35. The first-order chi connectivity index (χ1) is 9.61. The van der Waals surface area contributed by atoms with Crippen LogP contribution in [0.15, 0.2) is 15.8 Å². The van der Waals surface area contributed by atoms with Crippen LogP contribution in [0.25, 0.3) is 0 Å². The minimum Gasteiger partial charge on any atom is -0.393 e. The molecule has 1 saturated heterocycles. The number of aromatic amines is 1. The molecule has 1 aromatic heterocycles. The van der Waals surface area contributed by atoms with E-state index in [1.54, 1.807) is 4.98 Å². The van der Waals surface area contributed by atoms with E-state index in [0.29, 0.717) is 10.8 Å². The summed E-state index contributed by atoms with van der Waals surface area (Å²) >= 11 is 2.92. The van der Waals surface area contributed by atoms with Gasteiger partial charge in [-0.2, -0.15) is 17.6 Å². The van der Waals surface area contributed by atoms with Crippen LogP contribution < -0.4 is 11.2 Å². The Kier molecular flexibility index (Phi) is 4.02. The van der Waals surface area contributed by atoms with Gasteiger partial charge in [0, 0.05) is 6.42 Å². The van der Waals surface area contributed by atoms with E-state index in [2.05, 4.69) is 15.9 Å². The molecule has 21 heavy (non-hydrogen) atoms. The SMILES string of the molecule is O=c1[nH]c(=O)n([C@@H]2O[C@@](CO)(C(F)(F)F)C[C@H]2Br)cc1F. The average molecular weight is 377 g/mol. The number of halogens is 5. The largest absolute Gasteiger partial charge is 0.419 e. The Balaban J connectivity index is 2.46. The van der Waals surface area contributed by atoms with Crippen LogP contribution in [0.5, 0.6) is 0 Å². The van der Waals surface area contributed by atoms with E-state index < -0.39 is 52.9 Å². The Bertz CT molecular complexity index is 658. The highest BCUT2D eigenvalue weighted by molar-refractivity contribution is 9.09. The summed E-state index contributed by atoms with van der Waals surface area (Å²) in [6, 6.07) is 0. The first kappa shape index (κ1) is 16.2. The number of rotatable bonds is 2. The lowest BCUT2D eigenvalue weighted by Gasteiger charge is -2.29. The second-order valence-electron chi connectivity index (χ2n) is 4.52. The van der Waals surface area contributed by atoms with Gasteiger partial charge in [-0.15, -0.1) is 0 Å². The van der Waals surface area contributed by atoms with Crippen molar-refractivity contribution in [2.75, 3.05) is 6.61 Å². The number of alkyl halides is 4. The zero-order valence-corrected chi connectivity index (χ0v) is 11.7. The molecule has 0 bridgehead atoms. The average Bonchev–Trinajstić information content (AvgIpc) is 2.72. The molecule has 2 heterocycles. The molecule has 1 aromatic rings. The van der Waals surface area contributed by atoms with Crippen LogP contribution in [0, 0.1) is 5.82 Å². The van der Waals surface area contributed by atoms with Crippen LogP contribution in [-0.4, -0.2) is 37.9 Å². The van der Waals surface area contributed by atoms with Crippen LogP contribution in [0.1, 0.15) is 12.6 Å². The molecule has 0 saturated carbocycles. The lowest BCUT2D eigenvalue weighted by Crippen LogP contribution is -2.48. The first-order valence-corrected chi connectivity index (χ1v) is 6.53. The molecule has 3 atom stereocenters. The molecule has 1 aliphatic heterocycles. The molecule has 1 aliphatic rings. The van der Waals surface area contributed by atoms with Gasteiger partial charge in [-0.1, -0.05) is 15.9 Å². The van der Waals surface area contributed by atoms with Crippen molar-refractivity contribution in [3.8, 4) is 0 Å². The number of nitrogens with one attached hydrogen (secondary N) is 1. The van der Waals surface area contributed by atoms with Gasteiger partial charge in [-0.05, 0) is 0 Å². The van der Waals surface area contributed by atoms with Crippen molar-refractivity contribution in [1.29, 1.82) is 0 Å². The maximum Gasteiger partial charge on any atom is 0.419 e. The maximum atomic E-state index is 13.2. The van der Waals surface area contributed by atoms with Crippen LogP contribution in [-0.2, 0) is 4.74 Å². The number of hydrogen-bond donors (Lipinski definition) is 2. The fourth-order valence-electron chi connectivity index (χ4n) is 2.02. The van der Waals surface area contributed by atoms with Crippen molar-refractivity contribution in [2.45, 2.75) is 29.3 Å². The molecule has 0 radical (unpaired) electrons. The van der Waals surface area contributed by atoms with Gasteiger partial charge in [0.15, 0.2) is 11.8 Å². The minimum atomic E-state index is -4.88. The minimum absolute atomic E-state index is 0.462. The van der Waals surface area contributed by atoms with E-state index in [9.17, 15) is 27.2 Å². The fourth-order valence-corrected chi connectivity index (χ4v) is 2.91. The van der Waals surface area contributed by atoms with Gasteiger partial charge in [0.2, 0.25) is 5.82 Å². The molecule has 118 valence electrons. The van der Waals surface area contributed by atoms with Crippen LogP contribution in [0.4, 0.5) is 17.6 Å². The summed E-state index contributed by atoms with van der Waals surface area (Å²) in [4.78, 5) is 23.1. The number of aliphatic hydroxyl groups is 1. The van der Waals surface area contributed by atoms with E-state index in [1.807, 2.05) is 0 Å². The van der Waals surface area contributed by atoms with E-state index in [0.717, 1.165) is 0 Å². The number of nitrogens with zero attached hydrogens (tertiary/aromatic N) is 1. The summed E-state index contributed by atoms with van der Waals surface area (Å²) in [6.07, 6.45) is -6.63. The van der Waals surface area contributed by atoms with Crippen LogP contribution in [0.2, 0.25) is 0 Å². The Hall–Kier alpha value is -1.20. The van der Waals surface area contributed by atoms with Crippen LogP contribution in [0.3, 0.4) is 0 Å². The summed E-state index contributed by atoms with van der Waals surface area (Å²) < 4.78 is 57.5. The smallest absolute Gasteiger partial charge is 0.393 e. The van der Waals surface area contributed by atoms with Gasteiger partial charge >= 0.3 is 11.9 Å². The quantitative estimate of drug-likeness (QED) is 0.586. The number of ether oxygens (including phenoxy) is 1. The monoisotopic (exact) mass is 376 g/mol. The third-order valence-corrected chi connectivity index (χ3v) is 3.93. The van der Waals surface area contributed by atoms with Crippen molar-refractivity contribution in [1.82, 2.24) is 9.55 Å².